The van der Waals surface area contributed by atoms with E-state index in [2.05, 4.69) is 58.4 Å². The van der Waals surface area contributed by atoms with Crippen LogP contribution in [0.15, 0.2) is 53.9 Å². The molecule has 1 saturated heterocycles. The standard InChI is InChI=1S/C78H112N14O28S3/c1-9-15-64(102)119-41-92(72(108)65(43(5)10-2)88-70(107)57-17-12-14-29-91(57)8)58(42(3)4)37-59(120-45(7)93)71-85-55(39-121-71)69(106)81-49(33-46-22-24-50(94)25-23-46)32-44(6)66(103)89-90-78(117)118-30-31-122-123-40-56(75(113)114)84-68(105)54(36-63(100)101)83-67(104)53(35-62(98)99)82-60(95)34-47-18-20-48(21-19-47)38-80-76(115)79-28-13-11-16-51(73(109)110)86-77(116)87-52(74(111)112)26-27-61(96)97/h18-25,39,42-44,49,51-54,56-59,65,94H,9-17,26-38,40-41H2,1-8H3,(H,81,106)(H,82,95)(H,83,104)(H,84,105)(H,88,107)(H,89,103)(H,90,117)(H,96,97)(H,98,99)(H,100,101)(H,109,110)(H,111,112)(H,113,114)(H2,79,80,115)(H2,86,87,116)/t43?,44-,49+,51+,52-,53-,54-,56-,57+,58+,59+,65-/m0/s1. The zero-order chi connectivity index (χ0) is 91.6. The molecular formula is C78H112N14O28S3. The highest BCUT2D eigenvalue weighted by Crippen LogP contribution is 2.33. The number of aromatic nitrogens is 1. The van der Waals surface area contributed by atoms with Gasteiger partial charge in [-0.15, -0.1) is 11.3 Å². The fourth-order valence-electron chi connectivity index (χ4n) is 12.4. The molecule has 45 heteroatoms. The maximum atomic E-state index is 15.0. The quantitative estimate of drug-likeness (QED) is 0.00962. The molecule has 2 aromatic carbocycles. The zero-order valence-electron chi connectivity index (χ0n) is 69.4. The Morgan fingerprint density at radius 2 is 1.24 bits per heavy atom. The minimum Gasteiger partial charge on any atom is -0.508 e. The molecule has 1 fully saturated rings. The summed E-state index contributed by atoms with van der Waals surface area (Å²) in [4.78, 5) is 238. The van der Waals surface area contributed by atoms with Gasteiger partial charge in [0, 0.05) is 74.2 Å². The van der Waals surface area contributed by atoms with E-state index in [1.807, 2.05) is 45.0 Å². The molecule has 1 aromatic heterocycles. The van der Waals surface area contributed by atoms with Crippen molar-refractivity contribution >= 4 is 140 Å². The summed E-state index contributed by atoms with van der Waals surface area (Å²) < 4.78 is 16.7. The van der Waals surface area contributed by atoms with Crippen molar-refractivity contribution in [1.29, 1.82) is 0 Å². The number of urea groups is 2. The second-order valence-corrected chi connectivity index (χ2v) is 33.0. The normalized spacial score (nSPS) is 15.2. The number of amides is 12. The number of nitrogens with zero attached hydrogens (tertiary/aromatic N) is 3. The van der Waals surface area contributed by atoms with E-state index in [4.69, 9.17) is 19.3 Å². The summed E-state index contributed by atoms with van der Waals surface area (Å²) in [6.07, 6.45) is -2.14. The summed E-state index contributed by atoms with van der Waals surface area (Å²) in [5.41, 5.74) is 5.82. The number of esters is 2. The number of carboxylic acid groups (broad SMARTS) is 6. The number of likely N-dealkylation sites (N-methyl/N-ethyl adjacent to an activating group) is 1. The number of aliphatic carboxylic acids is 6. The number of benzene rings is 2. The number of ether oxygens (including phenoxy) is 3. The lowest BCUT2D eigenvalue weighted by Gasteiger charge is -2.39. The van der Waals surface area contributed by atoms with Crippen LogP contribution in [-0.4, -0.2) is 257 Å². The number of carboxylic acids is 6. The summed E-state index contributed by atoms with van der Waals surface area (Å²) >= 11 is 1.000. The Balaban J connectivity index is 1.29. The Kier molecular flexibility index (Phi) is 45.6. The first kappa shape index (κ1) is 104. The number of likely N-dealkylation sites (tertiary alicyclic amines) is 1. The van der Waals surface area contributed by atoms with E-state index in [-0.39, 0.29) is 110 Å². The average Bonchev–Trinajstić information content (AvgIpc) is 1.60. The number of hydrogen-bond acceptors (Lipinski definition) is 27. The molecule has 12 atom stereocenters. The van der Waals surface area contributed by atoms with Crippen molar-refractivity contribution in [3.05, 3.63) is 81.3 Å². The molecule has 1 aliphatic rings. The molecule has 18 N–H and O–H groups in total. The molecule has 0 spiro atoms. The third kappa shape index (κ3) is 39.0. The Labute approximate surface area is 720 Å². The fourth-order valence-corrected chi connectivity index (χ4v) is 15.3. The molecule has 0 saturated carbocycles. The van der Waals surface area contributed by atoms with Crippen molar-refractivity contribution in [3.63, 3.8) is 0 Å². The molecule has 1 aliphatic heterocycles. The van der Waals surface area contributed by atoms with Crippen LogP contribution < -0.4 is 58.7 Å². The first-order chi connectivity index (χ1) is 58.2. The lowest BCUT2D eigenvalue weighted by atomic mass is 9.92. The lowest BCUT2D eigenvalue weighted by molar-refractivity contribution is -0.161. The van der Waals surface area contributed by atoms with Crippen molar-refractivity contribution < 1.29 is 136 Å². The van der Waals surface area contributed by atoms with Crippen molar-refractivity contribution in [1.82, 2.24) is 73.5 Å². The maximum absolute atomic E-state index is 15.0. The van der Waals surface area contributed by atoms with Crippen LogP contribution in [0.25, 0.3) is 0 Å². The average molecular weight is 1790 g/mol. The molecule has 12 amide bonds. The van der Waals surface area contributed by atoms with Gasteiger partial charge >= 0.3 is 65.9 Å². The molecule has 680 valence electrons. The number of aromatic hydroxyl groups is 1. The molecule has 3 aromatic rings. The van der Waals surface area contributed by atoms with Crippen LogP contribution in [0, 0.1) is 17.8 Å². The van der Waals surface area contributed by atoms with Gasteiger partial charge < -0.3 is 103 Å². The highest BCUT2D eigenvalue weighted by molar-refractivity contribution is 8.76. The van der Waals surface area contributed by atoms with Crippen LogP contribution in [0.4, 0.5) is 14.4 Å². The van der Waals surface area contributed by atoms with Crippen LogP contribution in [0.3, 0.4) is 0 Å². The van der Waals surface area contributed by atoms with Gasteiger partial charge in [-0.1, -0.05) is 112 Å². The number of carbonyl (C=O) groups is 18. The van der Waals surface area contributed by atoms with Gasteiger partial charge in [0.2, 0.25) is 35.4 Å². The van der Waals surface area contributed by atoms with Gasteiger partial charge in [0.15, 0.2) is 12.8 Å². The summed E-state index contributed by atoms with van der Waals surface area (Å²) in [5.74, 6) is -18.2. The van der Waals surface area contributed by atoms with Gasteiger partial charge in [0.1, 0.15) is 59.3 Å². The zero-order valence-corrected chi connectivity index (χ0v) is 71.9. The first-order valence-electron chi connectivity index (χ1n) is 39.7. The van der Waals surface area contributed by atoms with Crippen LogP contribution in [0.5, 0.6) is 5.75 Å². The number of unbranched alkanes of at least 4 members (excludes halogenated alkanes) is 1. The van der Waals surface area contributed by atoms with E-state index in [1.165, 1.54) is 60.5 Å². The third-order valence-corrected chi connectivity index (χ3v) is 22.6. The Bertz CT molecular complexity index is 4110. The van der Waals surface area contributed by atoms with E-state index < -0.39 is 207 Å². The summed E-state index contributed by atoms with van der Waals surface area (Å²) in [5, 5.41) is 90.2. The van der Waals surface area contributed by atoms with Gasteiger partial charge in [-0.05, 0) is 112 Å². The van der Waals surface area contributed by atoms with Crippen molar-refractivity contribution in [3.8, 4) is 5.75 Å². The number of thiazole rings is 1. The van der Waals surface area contributed by atoms with Gasteiger partial charge in [-0.25, -0.2) is 39.2 Å². The smallest absolute Gasteiger partial charge is 0.426 e. The van der Waals surface area contributed by atoms with Crippen LogP contribution in [0.1, 0.15) is 183 Å². The van der Waals surface area contributed by atoms with Crippen molar-refractivity contribution in [2.75, 3.05) is 45.0 Å². The molecule has 1 unspecified atom stereocenters. The Morgan fingerprint density at radius 1 is 0.634 bits per heavy atom. The molecule has 42 nitrogen and oxygen atoms in total. The molecule has 4 rings (SSSR count). The molecule has 0 radical (unpaired) electrons. The monoisotopic (exact) mass is 1790 g/mol. The number of phenols is 1. The predicted octanol–water partition coefficient (Wildman–Crippen LogP) is 3.29. The Hall–Kier alpha value is -11.6. The number of piperidine rings is 1. The SMILES string of the molecule is CCCC(=O)OCN(C(=O)[C@@H](NC(=O)[C@H]1CCCCN1C)C(C)CC)[C@H](C[C@@H](OC(C)=O)c1nc(C(=O)N[C@@H](Cc2ccc(O)cc2)C[C@H](C)C(=O)NNC(=O)OCCSSC[C@H](NC(=O)[C@H](CC(=O)O)NC(=O)[C@H](CC(=O)O)NC(=O)Cc2ccc(CNC(=O)NCCCC[C@@H](NC(=O)N[C@@H](CCC(=O)O)C(=O)O)C(=O)O)cc2)C(=O)O)cs1)C(C)C. The van der Waals surface area contributed by atoms with Gasteiger partial charge in [0.05, 0.1) is 25.3 Å². The molecule has 123 heavy (non-hydrogen) atoms. The van der Waals surface area contributed by atoms with E-state index >= 15 is 4.79 Å². The van der Waals surface area contributed by atoms with Crippen LogP contribution >= 0.6 is 32.9 Å². The Morgan fingerprint density at radius 3 is 1.83 bits per heavy atom. The highest BCUT2D eigenvalue weighted by Gasteiger charge is 2.41. The third-order valence-electron chi connectivity index (χ3n) is 19.3. The van der Waals surface area contributed by atoms with E-state index in [9.17, 15) is 112 Å². The topological polar surface area (TPSA) is 628 Å². The number of phenolic OH excluding ortho intramolecular Hbond substituents is 1. The summed E-state index contributed by atoms with van der Waals surface area (Å²) in [6.45, 7) is 11.9. The second kappa shape index (κ2) is 54.0. The van der Waals surface area contributed by atoms with Crippen molar-refractivity contribution in [2.45, 2.75) is 225 Å². The van der Waals surface area contributed by atoms with Gasteiger partial charge in [-0.2, -0.15) is 0 Å². The van der Waals surface area contributed by atoms with E-state index in [1.54, 1.807) is 19.1 Å². The first-order valence-corrected chi connectivity index (χ1v) is 43.1. The second-order valence-electron chi connectivity index (χ2n) is 29.5. The summed E-state index contributed by atoms with van der Waals surface area (Å²) in [7, 11) is 3.70. The molecule has 0 bridgehead atoms. The maximum Gasteiger partial charge on any atom is 0.426 e. The molecule has 2 heterocycles. The number of hydrazine groups is 1. The lowest BCUT2D eigenvalue weighted by Crippen LogP contribution is -2.59. The number of nitrogens with one attached hydrogen (secondary N) is 11. The van der Waals surface area contributed by atoms with Crippen LogP contribution in [-0.2, 0) is 101 Å². The summed E-state index contributed by atoms with van der Waals surface area (Å²) in [6, 6.07) is -1.38. The number of hydrogen-bond donors (Lipinski definition) is 18. The van der Waals surface area contributed by atoms with E-state index in [0.717, 1.165) is 45.8 Å². The number of rotatable bonds is 54. The van der Waals surface area contributed by atoms with Crippen molar-refractivity contribution in [2.24, 2.45) is 17.8 Å². The minimum atomic E-state index is -2.00. The van der Waals surface area contributed by atoms with E-state index in [0.29, 0.717) is 42.5 Å². The highest BCUT2D eigenvalue weighted by atomic mass is 33.1. The molecular weight excluding hydrogens is 1680 g/mol. The largest absolute Gasteiger partial charge is 0.508 e. The van der Waals surface area contributed by atoms with Gasteiger partial charge in [-0.3, -0.25) is 67.9 Å². The number of carbonyl (C=O) groups excluding carboxylic acids is 12. The predicted molar refractivity (Wildman–Crippen MR) is 442 cm³/mol. The van der Waals surface area contributed by atoms with Gasteiger partial charge in [0.25, 0.3) is 5.91 Å². The fraction of sp³-hybridized carbons (Fsp3) is 0.577. The van der Waals surface area contributed by atoms with Crippen LogP contribution in [0.2, 0.25) is 0 Å². The minimum absolute atomic E-state index is 0.00261. The molecule has 0 aliphatic carbocycles.